The van der Waals surface area contributed by atoms with Crippen molar-refractivity contribution in [2.45, 2.75) is 32.0 Å². The third-order valence-corrected chi connectivity index (χ3v) is 7.23. The maximum absolute atomic E-state index is 14.0. The van der Waals surface area contributed by atoms with Crippen LogP contribution in [-0.2, 0) is 31.8 Å². The molecule has 0 amide bonds. The van der Waals surface area contributed by atoms with Crippen molar-refractivity contribution < 1.29 is 23.4 Å². The third kappa shape index (κ3) is 6.91. The number of rotatable bonds is 12. The van der Waals surface area contributed by atoms with Gasteiger partial charge in [-0.05, 0) is 31.0 Å². The van der Waals surface area contributed by atoms with Crippen molar-refractivity contribution in [3.63, 3.8) is 0 Å². The first-order valence-corrected chi connectivity index (χ1v) is 13.4. The second-order valence-electron chi connectivity index (χ2n) is 8.41. The predicted octanol–water partition coefficient (Wildman–Crippen LogP) is 3.42. The number of hydrogen-bond donors (Lipinski definition) is 2. The maximum atomic E-state index is 14.0. The first kappa shape index (κ1) is 26.3. The van der Waals surface area contributed by atoms with Crippen LogP contribution < -0.4 is 15.3 Å². The minimum atomic E-state index is -3.74. The maximum Gasteiger partial charge on any atom is 0.342 e. The minimum Gasteiger partial charge on any atom is -0.468 e. The van der Waals surface area contributed by atoms with Crippen molar-refractivity contribution in [2.24, 2.45) is 0 Å². The van der Waals surface area contributed by atoms with Gasteiger partial charge in [-0.25, -0.2) is 20.0 Å². The van der Waals surface area contributed by atoms with Crippen LogP contribution >= 0.6 is 7.52 Å². The van der Waals surface area contributed by atoms with Gasteiger partial charge in [-0.3, -0.25) is 9.36 Å². The Morgan fingerprint density at radius 1 is 1.08 bits per heavy atom. The smallest absolute Gasteiger partial charge is 0.342 e. The molecule has 0 fully saturated rings. The summed E-state index contributed by atoms with van der Waals surface area (Å²) in [7, 11) is -2.46. The molecule has 2 heterocycles. The second-order valence-corrected chi connectivity index (χ2v) is 10.5. The molecule has 2 aromatic heterocycles. The number of carbonyl (C=O) groups is 1. The molecule has 0 spiro atoms. The Kier molecular flexibility index (Phi) is 8.50. The summed E-state index contributed by atoms with van der Waals surface area (Å²) in [6.45, 7) is 2.19. The highest BCUT2D eigenvalue weighted by molar-refractivity contribution is 7.57. The van der Waals surface area contributed by atoms with Crippen molar-refractivity contribution >= 4 is 30.5 Å². The van der Waals surface area contributed by atoms with Gasteiger partial charge >= 0.3 is 13.5 Å². The Bertz CT molecular complexity index is 1370. The van der Waals surface area contributed by atoms with E-state index in [1.54, 1.807) is 35.2 Å². The number of hydrogen-bond acceptors (Lipinski definition) is 9. The summed E-state index contributed by atoms with van der Waals surface area (Å²) in [4.78, 5) is 25.1. The Balaban J connectivity index is 1.51. The Labute approximate surface area is 214 Å². The molecule has 0 aliphatic heterocycles. The lowest BCUT2D eigenvalue weighted by atomic mass is 10.1. The van der Waals surface area contributed by atoms with Crippen LogP contribution in [0.15, 0.2) is 73.3 Å². The van der Waals surface area contributed by atoms with E-state index in [1.807, 2.05) is 43.3 Å². The zero-order valence-corrected chi connectivity index (χ0v) is 21.5. The van der Waals surface area contributed by atoms with Gasteiger partial charge in [-0.15, -0.1) is 0 Å². The number of methoxy groups -OCH3 is 1. The van der Waals surface area contributed by atoms with Crippen molar-refractivity contribution in [2.75, 3.05) is 19.2 Å². The number of benzene rings is 2. The van der Waals surface area contributed by atoms with Gasteiger partial charge in [0.15, 0.2) is 11.5 Å². The normalized spacial score (nSPS) is 14.5. The van der Waals surface area contributed by atoms with Crippen LogP contribution in [0.1, 0.15) is 12.5 Å². The number of anilines is 1. The lowest BCUT2D eigenvalue weighted by Gasteiger charge is -2.26. The van der Waals surface area contributed by atoms with Crippen LogP contribution in [0.2, 0.25) is 0 Å². The Morgan fingerprint density at radius 3 is 2.49 bits per heavy atom. The highest BCUT2D eigenvalue weighted by Crippen LogP contribution is 2.44. The highest BCUT2D eigenvalue weighted by Gasteiger charge is 2.34. The topological polar surface area (TPSA) is 143 Å². The number of aromatic nitrogens is 4. The molecule has 4 rings (SSSR count). The number of imidazole rings is 1. The fourth-order valence-electron chi connectivity index (χ4n) is 3.74. The molecule has 3 N–H and O–H groups in total. The molecule has 0 saturated heterocycles. The van der Waals surface area contributed by atoms with Gasteiger partial charge in [0.25, 0.3) is 0 Å². The number of esters is 1. The molecule has 4 aromatic rings. The summed E-state index contributed by atoms with van der Waals surface area (Å²) >= 11 is 0. The average Bonchev–Trinajstić information content (AvgIpc) is 3.32. The van der Waals surface area contributed by atoms with Gasteiger partial charge in [0.2, 0.25) is 0 Å². The van der Waals surface area contributed by atoms with Crippen LogP contribution in [0.3, 0.4) is 0 Å². The average molecular weight is 525 g/mol. The summed E-state index contributed by atoms with van der Waals surface area (Å²) in [5, 5.41) is 2.91. The summed E-state index contributed by atoms with van der Waals surface area (Å²) in [5.41, 5.74) is 7.81. The van der Waals surface area contributed by atoms with E-state index in [9.17, 15) is 9.36 Å². The molecule has 0 aliphatic carbocycles. The standard InChI is InChI=1S/C25H29N6O5P/c1-18(14-31-16-29-22-23(26)27-15-28-24(22)31)35-17-37(33,36-20-11-7-4-8-12-20)30-21(25(32)34-2)13-19-9-5-3-6-10-19/h3-12,15-16,18,21H,13-14,17H2,1-2H3,(H,30,33)(H2,26,27,28)/t18-,21+,37+/m1/s1. The van der Waals surface area contributed by atoms with E-state index in [-0.39, 0.29) is 18.6 Å². The van der Waals surface area contributed by atoms with E-state index in [0.29, 0.717) is 23.5 Å². The fraction of sp³-hybridized carbons (Fsp3) is 0.280. The van der Waals surface area contributed by atoms with E-state index in [4.69, 9.17) is 19.7 Å². The Morgan fingerprint density at radius 2 is 1.78 bits per heavy atom. The zero-order chi connectivity index (χ0) is 26.3. The van der Waals surface area contributed by atoms with Gasteiger partial charge in [0.05, 0.1) is 26.1 Å². The number of ether oxygens (including phenoxy) is 2. The number of carbonyl (C=O) groups excluding carboxylic acids is 1. The fourth-order valence-corrected chi connectivity index (χ4v) is 5.50. The van der Waals surface area contributed by atoms with Crippen molar-refractivity contribution in [1.29, 1.82) is 0 Å². The Hall–Kier alpha value is -3.79. The molecule has 37 heavy (non-hydrogen) atoms. The van der Waals surface area contributed by atoms with Crippen molar-refractivity contribution in [3.05, 3.63) is 78.9 Å². The summed E-state index contributed by atoms with van der Waals surface area (Å²) < 4.78 is 32.7. The van der Waals surface area contributed by atoms with Gasteiger partial charge in [-0.2, -0.15) is 0 Å². The highest BCUT2D eigenvalue weighted by atomic mass is 31.2. The van der Waals surface area contributed by atoms with Crippen molar-refractivity contribution in [1.82, 2.24) is 24.6 Å². The van der Waals surface area contributed by atoms with Crippen LogP contribution in [0.5, 0.6) is 5.75 Å². The minimum absolute atomic E-state index is 0.257. The first-order valence-electron chi connectivity index (χ1n) is 11.6. The van der Waals surface area contributed by atoms with E-state index in [1.165, 1.54) is 13.4 Å². The van der Waals surface area contributed by atoms with Gasteiger partial charge in [-0.1, -0.05) is 48.5 Å². The van der Waals surface area contributed by atoms with Crippen LogP contribution in [0.4, 0.5) is 5.82 Å². The molecule has 0 aliphatic rings. The quantitative estimate of drug-likeness (QED) is 0.209. The molecular formula is C25H29N6O5P. The number of nitrogens with two attached hydrogens (primary N) is 1. The largest absolute Gasteiger partial charge is 0.468 e. The van der Waals surface area contributed by atoms with E-state index < -0.39 is 25.6 Å². The van der Waals surface area contributed by atoms with E-state index >= 15 is 0 Å². The lowest BCUT2D eigenvalue weighted by molar-refractivity contribution is -0.142. The van der Waals surface area contributed by atoms with Gasteiger partial charge in [0, 0.05) is 0 Å². The van der Waals surface area contributed by atoms with E-state index in [0.717, 1.165) is 5.56 Å². The molecule has 0 saturated carbocycles. The van der Waals surface area contributed by atoms with Gasteiger partial charge in [0.1, 0.15) is 30.0 Å². The number of nitrogen functional groups attached to an aromatic ring is 1. The number of nitrogens with zero attached hydrogens (tertiary/aromatic N) is 4. The molecule has 3 atom stereocenters. The molecule has 2 aromatic carbocycles. The van der Waals surface area contributed by atoms with Crippen LogP contribution in [-0.4, -0.2) is 51.1 Å². The summed E-state index contributed by atoms with van der Waals surface area (Å²) in [6, 6.07) is 17.2. The molecule has 0 bridgehead atoms. The molecule has 12 heteroatoms. The molecule has 0 radical (unpaired) electrons. The third-order valence-electron chi connectivity index (χ3n) is 5.53. The predicted molar refractivity (Wildman–Crippen MR) is 139 cm³/mol. The van der Waals surface area contributed by atoms with E-state index in [2.05, 4.69) is 20.0 Å². The van der Waals surface area contributed by atoms with Crippen LogP contribution in [0, 0.1) is 0 Å². The van der Waals surface area contributed by atoms with Crippen LogP contribution in [0.25, 0.3) is 11.2 Å². The lowest BCUT2D eigenvalue weighted by Crippen LogP contribution is -2.39. The number of para-hydroxylation sites is 1. The number of nitrogens with one attached hydrogen (secondary N) is 1. The molecule has 0 unspecified atom stereocenters. The number of fused-ring (bicyclic) bond motifs is 1. The molecular weight excluding hydrogens is 495 g/mol. The summed E-state index contributed by atoms with van der Waals surface area (Å²) in [6.07, 6.45) is 2.52. The van der Waals surface area contributed by atoms with Crippen molar-refractivity contribution in [3.8, 4) is 5.75 Å². The SMILES string of the molecule is COC(=O)[C@H](Cc1ccccc1)N[P@](=O)(CO[C@H](C)Cn1cnc2c(N)ncnc21)Oc1ccccc1. The summed E-state index contributed by atoms with van der Waals surface area (Å²) in [5.74, 6) is 0.108. The monoisotopic (exact) mass is 524 g/mol. The molecule has 11 nitrogen and oxygen atoms in total. The van der Waals surface area contributed by atoms with Gasteiger partial charge < -0.3 is 24.3 Å². The zero-order valence-electron chi connectivity index (χ0n) is 20.6. The second kappa shape index (κ2) is 12.0. The first-order chi connectivity index (χ1) is 17.9. The molecule has 194 valence electrons.